The van der Waals surface area contributed by atoms with Crippen molar-refractivity contribution in [3.05, 3.63) is 23.9 Å². The number of rotatable bonds is 4. The van der Waals surface area contributed by atoms with E-state index in [9.17, 15) is 4.79 Å². The number of nitrogens with zero attached hydrogens (tertiary/aromatic N) is 2. The summed E-state index contributed by atoms with van der Waals surface area (Å²) in [6, 6.07) is 3.78. The van der Waals surface area contributed by atoms with Gasteiger partial charge < -0.3 is 11.1 Å². The molecule has 1 aliphatic rings. The summed E-state index contributed by atoms with van der Waals surface area (Å²) in [5.74, 6) is 0.135. The van der Waals surface area contributed by atoms with Gasteiger partial charge in [0, 0.05) is 18.8 Å². The first-order valence-electron chi connectivity index (χ1n) is 6.41. The number of nitrogens with two attached hydrogens (primary N) is 1. The van der Waals surface area contributed by atoms with Gasteiger partial charge in [-0.3, -0.25) is 9.69 Å². The standard InChI is InChI=1S/C13H20N4O/c1-10(17-7-2-3-8-17)9-16-13(18)11-5-4-6-15-12(11)14/h4-6,10H,2-3,7-9H2,1H3,(H2,14,15)(H,16,18). The molecule has 1 aromatic rings. The highest BCUT2D eigenvalue weighted by Gasteiger charge is 2.19. The summed E-state index contributed by atoms with van der Waals surface area (Å²) in [6.45, 7) is 5.05. The highest BCUT2D eigenvalue weighted by atomic mass is 16.1. The van der Waals surface area contributed by atoms with Crippen LogP contribution in [0.2, 0.25) is 0 Å². The molecule has 5 heteroatoms. The van der Waals surface area contributed by atoms with Crippen molar-refractivity contribution in [3.8, 4) is 0 Å². The Morgan fingerprint density at radius 1 is 1.56 bits per heavy atom. The van der Waals surface area contributed by atoms with Crippen LogP contribution in [0.4, 0.5) is 5.82 Å². The molecule has 1 aliphatic heterocycles. The van der Waals surface area contributed by atoms with Gasteiger partial charge in [0.25, 0.3) is 5.91 Å². The number of pyridine rings is 1. The van der Waals surface area contributed by atoms with E-state index in [0.29, 0.717) is 18.2 Å². The summed E-state index contributed by atoms with van der Waals surface area (Å²) in [5.41, 5.74) is 6.12. The zero-order valence-electron chi connectivity index (χ0n) is 10.7. The molecule has 0 radical (unpaired) electrons. The molecule has 0 saturated carbocycles. The Labute approximate surface area is 107 Å². The first-order valence-corrected chi connectivity index (χ1v) is 6.41. The SMILES string of the molecule is CC(CNC(=O)c1cccnc1N)N1CCCC1. The lowest BCUT2D eigenvalue weighted by molar-refractivity contribution is 0.0941. The summed E-state index contributed by atoms with van der Waals surface area (Å²) in [6.07, 6.45) is 4.10. The molecule has 0 aliphatic carbocycles. The van der Waals surface area contributed by atoms with Crippen LogP contribution in [0.1, 0.15) is 30.1 Å². The maximum atomic E-state index is 11.9. The molecule has 98 valence electrons. The van der Waals surface area contributed by atoms with Crippen molar-refractivity contribution in [2.45, 2.75) is 25.8 Å². The van der Waals surface area contributed by atoms with Crippen molar-refractivity contribution < 1.29 is 4.79 Å². The highest BCUT2D eigenvalue weighted by molar-refractivity contribution is 5.98. The lowest BCUT2D eigenvalue weighted by Gasteiger charge is -2.23. The van der Waals surface area contributed by atoms with Crippen LogP contribution in [0.3, 0.4) is 0 Å². The summed E-state index contributed by atoms with van der Waals surface area (Å²) in [5, 5.41) is 2.92. The quantitative estimate of drug-likeness (QED) is 0.829. The Hall–Kier alpha value is -1.62. The number of anilines is 1. The predicted molar refractivity (Wildman–Crippen MR) is 71.3 cm³/mol. The van der Waals surface area contributed by atoms with E-state index in [0.717, 1.165) is 13.1 Å². The number of carbonyl (C=O) groups excluding carboxylic acids is 1. The van der Waals surface area contributed by atoms with Gasteiger partial charge in [0.05, 0.1) is 5.56 Å². The molecule has 18 heavy (non-hydrogen) atoms. The van der Waals surface area contributed by atoms with Gasteiger partial charge in [-0.05, 0) is 45.0 Å². The van der Waals surface area contributed by atoms with Crippen molar-refractivity contribution in [1.29, 1.82) is 0 Å². The Balaban J connectivity index is 1.86. The van der Waals surface area contributed by atoms with Gasteiger partial charge in [-0.15, -0.1) is 0 Å². The average Bonchev–Trinajstić information content (AvgIpc) is 2.90. The predicted octanol–water partition coefficient (Wildman–Crippen LogP) is 0.878. The maximum absolute atomic E-state index is 11.9. The fourth-order valence-electron chi connectivity index (χ4n) is 2.26. The number of nitrogens with one attached hydrogen (secondary N) is 1. The Morgan fingerprint density at radius 2 is 2.28 bits per heavy atom. The summed E-state index contributed by atoms with van der Waals surface area (Å²) in [4.78, 5) is 18.2. The third-order valence-electron chi connectivity index (χ3n) is 3.41. The van der Waals surface area contributed by atoms with Crippen LogP contribution in [0.25, 0.3) is 0 Å². The molecule has 1 fully saturated rings. The van der Waals surface area contributed by atoms with E-state index in [4.69, 9.17) is 5.73 Å². The minimum atomic E-state index is -0.147. The number of aromatic nitrogens is 1. The third kappa shape index (κ3) is 2.98. The molecule has 0 spiro atoms. The van der Waals surface area contributed by atoms with Crippen LogP contribution < -0.4 is 11.1 Å². The maximum Gasteiger partial charge on any atom is 0.255 e. The van der Waals surface area contributed by atoms with Gasteiger partial charge in [-0.1, -0.05) is 0 Å². The van der Waals surface area contributed by atoms with Gasteiger partial charge in [-0.2, -0.15) is 0 Å². The van der Waals surface area contributed by atoms with Gasteiger partial charge in [0.1, 0.15) is 5.82 Å². The van der Waals surface area contributed by atoms with Crippen LogP contribution in [0.5, 0.6) is 0 Å². The van der Waals surface area contributed by atoms with E-state index in [-0.39, 0.29) is 11.7 Å². The lowest BCUT2D eigenvalue weighted by atomic mass is 10.2. The van der Waals surface area contributed by atoms with Gasteiger partial charge in [-0.25, -0.2) is 4.98 Å². The second-order valence-electron chi connectivity index (χ2n) is 4.74. The van der Waals surface area contributed by atoms with Crippen LogP contribution in [0, 0.1) is 0 Å². The fourth-order valence-corrected chi connectivity index (χ4v) is 2.26. The number of hydrogen-bond acceptors (Lipinski definition) is 4. The van der Waals surface area contributed by atoms with Crippen molar-refractivity contribution in [2.24, 2.45) is 0 Å². The zero-order valence-corrected chi connectivity index (χ0v) is 10.7. The van der Waals surface area contributed by atoms with E-state index in [1.807, 2.05) is 0 Å². The third-order valence-corrected chi connectivity index (χ3v) is 3.41. The summed E-state index contributed by atoms with van der Waals surface area (Å²) < 4.78 is 0. The van der Waals surface area contributed by atoms with E-state index in [1.54, 1.807) is 18.3 Å². The molecule has 1 unspecified atom stereocenters. The number of hydrogen-bond donors (Lipinski definition) is 2. The van der Waals surface area contributed by atoms with E-state index in [1.165, 1.54) is 12.8 Å². The zero-order chi connectivity index (χ0) is 13.0. The largest absolute Gasteiger partial charge is 0.383 e. The van der Waals surface area contributed by atoms with Gasteiger partial charge >= 0.3 is 0 Å². The van der Waals surface area contributed by atoms with Gasteiger partial charge in [0.15, 0.2) is 0 Å². The van der Waals surface area contributed by atoms with Crippen molar-refractivity contribution in [1.82, 2.24) is 15.2 Å². The smallest absolute Gasteiger partial charge is 0.255 e. The van der Waals surface area contributed by atoms with E-state index < -0.39 is 0 Å². The summed E-state index contributed by atoms with van der Waals surface area (Å²) >= 11 is 0. The van der Waals surface area contributed by atoms with Crippen molar-refractivity contribution in [2.75, 3.05) is 25.4 Å². The molecule has 0 bridgehead atoms. The van der Waals surface area contributed by atoms with Gasteiger partial charge in [0.2, 0.25) is 0 Å². The van der Waals surface area contributed by atoms with E-state index >= 15 is 0 Å². The van der Waals surface area contributed by atoms with Crippen LogP contribution >= 0.6 is 0 Å². The monoisotopic (exact) mass is 248 g/mol. The molecule has 5 nitrogen and oxygen atoms in total. The Morgan fingerprint density at radius 3 is 2.94 bits per heavy atom. The number of likely N-dealkylation sites (tertiary alicyclic amines) is 1. The molecule has 3 N–H and O–H groups in total. The van der Waals surface area contributed by atoms with E-state index in [2.05, 4.69) is 22.1 Å². The molecule has 1 amide bonds. The number of carbonyl (C=O) groups is 1. The average molecular weight is 248 g/mol. The molecular formula is C13H20N4O. The first kappa shape index (κ1) is 12.8. The number of amides is 1. The van der Waals surface area contributed by atoms with Crippen LogP contribution in [0.15, 0.2) is 18.3 Å². The molecular weight excluding hydrogens is 228 g/mol. The fraction of sp³-hybridized carbons (Fsp3) is 0.538. The minimum absolute atomic E-state index is 0.147. The molecule has 0 aromatic carbocycles. The highest BCUT2D eigenvalue weighted by Crippen LogP contribution is 2.11. The first-order chi connectivity index (χ1) is 8.68. The van der Waals surface area contributed by atoms with Crippen LogP contribution in [-0.4, -0.2) is 41.5 Å². The van der Waals surface area contributed by atoms with Crippen molar-refractivity contribution >= 4 is 11.7 Å². The van der Waals surface area contributed by atoms with Crippen LogP contribution in [-0.2, 0) is 0 Å². The summed E-state index contributed by atoms with van der Waals surface area (Å²) in [7, 11) is 0. The molecule has 1 atom stereocenters. The molecule has 1 aromatic heterocycles. The van der Waals surface area contributed by atoms with Crippen molar-refractivity contribution in [3.63, 3.8) is 0 Å². The Kier molecular flexibility index (Phi) is 4.15. The normalized spacial score (nSPS) is 17.6. The topological polar surface area (TPSA) is 71.2 Å². The molecule has 2 rings (SSSR count). The second-order valence-corrected chi connectivity index (χ2v) is 4.74. The second kappa shape index (κ2) is 5.82. The lowest BCUT2D eigenvalue weighted by Crippen LogP contribution is -2.40. The molecule has 2 heterocycles. The molecule has 1 saturated heterocycles. The number of nitrogen functional groups attached to an aromatic ring is 1. The Bertz CT molecular complexity index is 415. The minimum Gasteiger partial charge on any atom is -0.383 e.